The summed E-state index contributed by atoms with van der Waals surface area (Å²) in [5.74, 6) is 0.365. The summed E-state index contributed by atoms with van der Waals surface area (Å²) in [6, 6.07) is 6.15. The molecule has 146 valence electrons. The minimum Gasteiger partial charge on any atom is -0.465 e. The number of ether oxygens (including phenoxy) is 2. The highest BCUT2D eigenvalue weighted by Gasteiger charge is 2.21. The van der Waals surface area contributed by atoms with Gasteiger partial charge in [0.25, 0.3) is 0 Å². The van der Waals surface area contributed by atoms with Gasteiger partial charge in [0.15, 0.2) is 11.0 Å². The standard InChI is InChI=1S/C18H23FN4O3S/c1-2-25-17(24)12-27-18-22-21-16(23(18)11-15-4-3-9-26-15)10-20-14-7-5-13(19)6-8-14/h5-8,15,20H,2-4,9-12H2,1H3. The molecule has 1 aliphatic heterocycles. The van der Waals surface area contributed by atoms with Crippen LogP contribution in [0.3, 0.4) is 0 Å². The van der Waals surface area contributed by atoms with Crippen LogP contribution in [0.4, 0.5) is 10.1 Å². The summed E-state index contributed by atoms with van der Waals surface area (Å²) in [7, 11) is 0. The highest BCUT2D eigenvalue weighted by Crippen LogP contribution is 2.22. The quantitative estimate of drug-likeness (QED) is 0.517. The van der Waals surface area contributed by atoms with E-state index < -0.39 is 0 Å². The Labute approximate surface area is 161 Å². The number of anilines is 1. The smallest absolute Gasteiger partial charge is 0.316 e. The number of rotatable bonds is 9. The van der Waals surface area contributed by atoms with Crippen LogP contribution in [0.2, 0.25) is 0 Å². The first kappa shape index (κ1) is 19.6. The van der Waals surface area contributed by atoms with Gasteiger partial charge < -0.3 is 19.4 Å². The van der Waals surface area contributed by atoms with E-state index in [1.807, 2.05) is 4.57 Å². The lowest BCUT2D eigenvalue weighted by atomic mass is 10.2. The largest absolute Gasteiger partial charge is 0.465 e. The highest BCUT2D eigenvalue weighted by molar-refractivity contribution is 7.99. The van der Waals surface area contributed by atoms with Gasteiger partial charge in [-0.05, 0) is 44.0 Å². The van der Waals surface area contributed by atoms with Crippen molar-refractivity contribution in [1.29, 1.82) is 0 Å². The molecule has 1 fully saturated rings. The van der Waals surface area contributed by atoms with Gasteiger partial charge >= 0.3 is 5.97 Å². The number of benzene rings is 1. The zero-order valence-corrected chi connectivity index (χ0v) is 16.0. The molecule has 0 radical (unpaired) electrons. The first-order valence-corrected chi connectivity index (χ1v) is 9.95. The van der Waals surface area contributed by atoms with Crippen molar-refractivity contribution in [2.24, 2.45) is 0 Å². The number of carbonyl (C=O) groups excluding carboxylic acids is 1. The molecule has 2 aromatic rings. The SMILES string of the molecule is CCOC(=O)CSc1nnc(CNc2ccc(F)cc2)n1CC1CCCO1. The number of esters is 1. The third kappa shape index (κ3) is 5.67. The lowest BCUT2D eigenvalue weighted by molar-refractivity contribution is -0.139. The molecule has 0 amide bonds. The fourth-order valence-corrected chi connectivity index (χ4v) is 3.57. The average molecular weight is 394 g/mol. The lowest BCUT2D eigenvalue weighted by Crippen LogP contribution is -2.19. The number of carbonyl (C=O) groups is 1. The first-order valence-electron chi connectivity index (χ1n) is 8.97. The lowest BCUT2D eigenvalue weighted by Gasteiger charge is -2.15. The van der Waals surface area contributed by atoms with Crippen molar-refractivity contribution in [3.8, 4) is 0 Å². The maximum atomic E-state index is 13.0. The van der Waals surface area contributed by atoms with E-state index in [1.54, 1.807) is 19.1 Å². The normalized spacial score (nSPS) is 16.4. The van der Waals surface area contributed by atoms with Crippen LogP contribution in [0.1, 0.15) is 25.6 Å². The molecule has 1 atom stereocenters. The molecule has 1 aliphatic rings. The van der Waals surface area contributed by atoms with Crippen LogP contribution < -0.4 is 5.32 Å². The van der Waals surface area contributed by atoms with E-state index in [1.165, 1.54) is 23.9 Å². The molecule has 1 unspecified atom stereocenters. The van der Waals surface area contributed by atoms with Gasteiger partial charge in [-0.2, -0.15) is 0 Å². The Bertz CT molecular complexity index is 748. The van der Waals surface area contributed by atoms with Gasteiger partial charge in [-0.15, -0.1) is 10.2 Å². The number of halogens is 1. The maximum absolute atomic E-state index is 13.0. The van der Waals surface area contributed by atoms with Crippen molar-refractivity contribution in [3.63, 3.8) is 0 Å². The molecule has 3 rings (SSSR count). The number of hydrogen-bond acceptors (Lipinski definition) is 7. The van der Waals surface area contributed by atoms with Gasteiger partial charge in [-0.3, -0.25) is 4.79 Å². The van der Waals surface area contributed by atoms with Crippen molar-refractivity contribution in [1.82, 2.24) is 14.8 Å². The molecular weight excluding hydrogens is 371 g/mol. The third-order valence-electron chi connectivity index (χ3n) is 4.12. The van der Waals surface area contributed by atoms with Crippen LogP contribution >= 0.6 is 11.8 Å². The van der Waals surface area contributed by atoms with Gasteiger partial charge in [-0.1, -0.05) is 11.8 Å². The summed E-state index contributed by atoms with van der Waals surface area (Å²) >= 11 is 1.30. The number of aromatic nitrogens is 3. The van der Waals surface area contributed by atoms with Gasteiger partial charge in [0, 0.05) is 12.3 Å². The Morgan fingerprint density at radius 2 is 2.22 bits per heavy atom. The van der Waals surface area contributed by atoms with E-state index in [0.29, 0.717) is 24.9 Å². The second-order valence-corrected chi connectivity index (χ2v) is 7.04. The molecule has 0 aliphatic carbocycles. The van der Waals surface area contributed by atoms with Crippen LogP contribution in [0.25, 0.3) is 0 Å². The van der Waals surface area contributed by atoms with E-state index in [2.05, 4.69) is 15.5 Å². The monoisotopic (exact) mass is 394 g/mol. The van der Waals surface area contributed by atoms with Crippen molar-refractivity contribution < 1.29 is 18.7 Å². The zero-order chi connectivity index (χ0) is 19.1. The topological polar surface area (TPSA) is 78.3 Å². The Kier molecular flexibility index (Phi) is 7.05. The van der Waals surface area contributed by atoms with E-state index in [0.717, 1.165) is 31.0 Å². The summed E-state index contributed by atoms with van der Waals surface area (Å²) in [5.41, 5.74) is 0.795. The summed E-state index contributed by atoms with van der Waals surface area (Å²) < 4.78 is 25.7. The predicted octanol–water partition coefficient (Wildman–Crippen LogP) is 2.86. The van der Waals surface area contributed by atoms with Crippen LogP contribution in [0.15, 0.2) is 29.4 Å². The van der Waals surface area contributed by atoms with E-state index in [-0.39, 0.29) is 23.6 Å². The third-order valence-corrected chi connectivity index (χ3v) is 5.06. The van der Waals surface area contributed by atoms with Crippen LogP contribution in [0.5, 0.6) is 0 Å². The number of thioether (sulfide) groups is 1. The predicted molar refractivity (Wildman–Crippen MR) is 100 cm³/mol. The molecule has 1 aromatic carbocycles. The summed E-state index contributed by atoms with van der Waals surface area (Å²) in [4.78, 5) is 11.6. The highest BCUT2D eigenvalue weighted by atomic mass is 32.2. The van der Waals surface area contributed by atoms with Gasteiger partial charge in [0.05, 0.1) is 31.6 Å². The first-order chi connectivity index (χ1) is 13.2. The minimum atomic E-state index is -0.278. The minimum absolute atomic E-state index is 0.118. The van der Waals surface area contributed by atoms with E-state index >= 15 is 0 Å². The molecule has 1 N–H and O–H groups in total. The fourth-order valence-electron chi connectivity index (χ4n) is 2.81. The molecule has 1 aromatic heterocycles. The molecule has 27 heavy (non-hydrogen) atoms. The van der Waals surface area contributed by atoms with Crippen molar-refractivity contribution >= 4 is 23.4 Å². The fraction of sp³-hybridized carbons (Fsp3) is 0.500. The van der Waals surface area contributed by atoms with Crippen LogP contribution in [-0.2, 0) is 27.4 Å². The number of nitrogens with zero attached hydrogens (tertiary/aromatic N) is 3. The molecule has 0 bridgehead atoms. The Balaban J connectivity index is 1.69. The maximum Gasteiger partial charge on any atom is 0.316 e. The molecule has 9 heteroatoms. The van der Waals surface area contributed by atoms with Crippen LogP contribution in [0, 0.1) is 5.82 Å². The van der Waals surface area contributed by atoms with Crippen molar-refractivity contribution in [3.05, 3.63) is 35.9 Å². The zero-order valence-electron chi connectivity index (χ0n) is 15.2. The Hall–Kier alpha value is -2.13. The van der Waals surface area contributed by atoms with Gasteiger partial charge in [0.1, 0.15) is 5.82 Å². The molecule has 0 saturated carbocycles. The van der Waals surface area contributed by atoms with Crippen molar-refractivity contribution in [2.45, 2.75) is 44.1 Å². The van der Waals surface area contributed by atoms with E-state index in [4.69, 9.17) is 9.47 Å². The van der Waals surface area contributed by atoms with Gasteiger partial charge in [-0.25, -0.2) is 4.39 Å². The van der Waals surface area contributed by atoms with Crippen molar-refractivity contribution in [2.75, 3.05) is 24.3 Å². The van der Waals surface area contributed by atoms with Crippen LogP contribution in [-0.4, -0.2) is 45.8 Å². The Morgan fingerprint density at radius 1 is 1.41 bits per heavy atom. The summed E-state index contributed by atoms with van der Waals surface area (Å²) in [6.07, 6.45) is 2.15. The summed E-state index contributed by atoms with van der Waals surface area (Å²) in [6.45, 7) is 3.97. The molecule has 0 spiro atoms. The molecule has 1 saturated heterocycles. The summed E-state index contributed by atoms with van der Waals surface area (Å²) in [5, 5.41) is 12.4. The molecule has 2 heterocycles. The number of nitrogens with one attached hydrogen (secondary N) is 1. The molecule has 7 nitrogen and oxygen atoms in total. The average Bonchev–Trinajstić information content (AvgIpc) is 3.31. The van der Waals surface area contributed by atoms with Gasteiger partial charge in [0.2, 0.25) is 0 Å². The second kappa shape index (κ2) is 9.70. The number of hydrogen-bond donors (Lipinski definition) is 1. The Morgan fingerprint density at radius 3 is 2.93 bits per heavy atom. The second-order valence-electron chi connectivity index (χ2n) is 6.10. The molecular formula is C18H23FN4O3S. The van der Waals surface area contributed by atoms with E-state index in [9.17, 15) is 9.18 Å².